The first-order valence-corrected chi connectivity index (χ1v) is 9.50. The molecular weight excluding hydrogens is 386 g/mol. The van der Waals surface area contributed by atoms with Gasteiger partial charge in [0, 0.05) is 17.8 Å². The number of benzene rings is 2. The van der Waals surface area contributed by atoms with E-state index in [1.54, 1.807) is 18.2 Å². The number of aromatic amines is 1. The largest absolute Gasteiger partial charge is 0.484 e. The van der Waals surface area contributed by atoms with Crippen molar-refractivity contribution in [2.24, 2.45) is 0 Å². The Kier molecular flexibility index (Phi) is 4.51. The smallest absolute Gasteiger partial charge is 0.273 e. The van der Waals surface area contributed by atoms with E-state index in [2.05, 4.69) is 15.3 Å². The number of hydrogen-bond donors (Lipinski definition) is 2. The summed E-state index contributed by atoms with van der Waals surface area (Å²) in [6.07, 6.45) is 3.22. The van der Waals surface area contributed by atoms with Crippen LogP contribution in [0, 0.1) is 0 Å². The lowest BCUT2D eigenvalue weighted by Gasteiger charge is -2.13. The van der Waals surface area contributed by atoms with Crippen molar-refractivity contribution >= 4 is 16.8 Å². The molecule has 8 heteroatoms. The Morgan fingerprint density at radius 3 is 3.03 bits per heavy atom. The van der Waals surface area contributed by atoms with Crippen molar-refractivity contribution in [3.05, 3.63) is 72.1 Å². The van der Waals surface area contributed by atoms with E-state index in [1.165, 1.54) is 6.26 Å². The van der Waals surface area contributed by atoms with Crippen molar-refractivity contribution < 1.29 is 23.4 Å². The van der Waals surface area contributed by atoms with Gasteiger partial charge in [0.05, 0.1) is 6.04 Å². The Morgan fingerprint density at radius 1 is 1.20 bits per heavy atom. The van der Waals surface area contributed by atoms with Gasteiger partial charge in [-0.2, -0.15) is 0 Å². The molecule has 0 bridgehead atoms. The minimum atomic E-state index is -0.310. The molecule has 0 fully saturated rings. The molecule has 2 N–H and O–H groups in total. The van der Waals surface area contributed by atoms with Crippen LogP contribution in [-0.2, 0) is 6.61 Å². The molecule has 5 rings (SSSR count). The van der Waals surface area contributed by atoms with E-state index in [0.29, 0.717) is 23.1 Å². The number of nitrogens with one attached hydrogen (secondary N) is 2. The molecule has 1 unspecified atom stereocenters. The van der Waals surface area contributed by atoms with Crippen LogP contribution in [0.15, 0.2) is 59.3 Å². The van der Waals surface area contributed by atoms with Gasteiger partial charge in [0.25, 0.3) is 5.91 Å². The molecule has 4 aromatic rings. The van der Waals surface area contributed by atoms with Gasteiger partial charge in [-0.1, -0.05) is 6.07 Å². The first-order chi connectivity index (χ1) is 14.7. The van der Waals surface area contributed by atoms with E-state index < -0.39 is 0 Å². The monoisotopic (exact) mass is 405 g/mol. The first kappa shape index (κ1) is 18.1. The number of oxazole rings is 1. The van der Waals surface area contributed by atoms with Crippen LogP contribution in [0.3, 0.4) is 0 Å². The second-order valence-corrected chi connectivity index (χ2v) is 6.95. The summed E-state index contributed by atoms with van der Waals surface area (Å²) in [5.41, 5.74) is 2.26. The molecule has 1 amide bonds. The topological polar surface area (TPSA) is 98.6 Å². The summed E-state index contributed by atoms with van der Waals surface area (Å²) in [6, 6.07) is 13.1. The Balaban J connectivity index is 1.20. The van der Waals surface area contributed by atoms with Crippen LogP contribution < -0.4 is 19.5 Å². The van der Waals surface area contributed by atoms with Gasteiger partial charge in [0.2, 0.25) is 12.7 Å². The van der Waals surface area contributed by atoms with Gasteiger partial charge < -0.3 is 28.9 Å². The quantitative estimate of drug-likeness (QED) is 0.504. The molecule has 2 aromatic heterocycles. The van der Waals surface area contributed by atoms with Crippen molar-refractivity contribution in [3.63, 3.8) is 0 Å². The third-order valence-electron chi connectivity index (χ3n) is 4.92. The maximum Gasteiger partial charge on any atom is 0.273 e. The van der Waals surface area contributed by atoms with Crippen LogP contribution in [0.5, 0.6) is 17.2 Å². The summed E-state index contributed by atoms with van der Waals surface area (Å²) < 4.78 is 21.6. The summed E-state index contributed by atoms with van der Waals surface area (Å²) in [6.45, 7) is 2.22. The van der Waals surface area contributed by atoms with Crippen LogP contribution in [-0.4, -0.2) is 22.7 Å². The zero-order valence-corrected chi connectivity index (χ0v) is 16.2. The van der Waals surface area contributed by atoms with Crippen LogP contribution in [0.2, 0.25) is 0 Å². The van der Waals surface area contributed by atoms with Crippen molar-refractivity contribution in [1.29, 1.82) is 0 Å². The molecule has 0 aliphatic carbocycles. The number of hydrogen-bond acceptors (Lipinski definition) is 6. The minimum absolute atomic E-state index is 0.0899. The van der Waals surface area contributed by atoms with Crippen molar-refractivity contribution in [2.45, 2.75) is 19.6 Å². The van der Waals surface area contributed by atoms with Crippen molar-refractivity contribution in [3.8, 4) is 17.2 Å². The highest BCUT2D eigenvalue weighted by molar-refractivity contribution is 5.92. The van der Waals surface area contributed by atoms with E-state index in [-0.39, 0.29) is 31.0 Å². The normalized spacial score (nSPS) is 13.4. The zero-order chi connectivity index (χ0) is 20.5. The molecule has 0 saturated carbocycles. The number of carbonyl (C=O) groups excluding carboxylic acids is 1. The molecule has 0 spiro atoms. The Hall–Kier alpha value is -3.94. The van der Waals surface area contributed by atoms with Gasteiger partial charge in [-0.15, -0.1) is 0 Å². The third-order valence-corrected chi connectivity index (χ3v) is 4.92. The maximum atomic E-state index is 12.5. The van der Waals surface area contributed by atoms with E-state index in [9.17, 15) is 4.79 Å². The minimum Gasteiger partial charge on any atom is -0.484 e. The highest BCUT2D eigenvalue weighted by Crippen LogP contribution is 2.35. The zero-order valence-electron chi connectivity index (χ0n) is 16.2. The number of ether oxygens (including phenoxy) is 3. The fraction of sp³-hybridized carbons (Fsp3) is 0.182. The predicted octanol–water partition coefficient (Wildman–Crippen LogP) is 3.95. The summed E-state index contributed by atoms with van der Waals surface area (Å²) >= 11 is 0. The molecule has 0 radical (unpaired) electrons. The van der Waals surface area contributed by atoms with Gasteiger partial charge in [0.1, 0.15) is 12.0 Å². The molecule has 2 aromatic carbocycles. The summed E-state index contributed by atoms with van der Waals surface area (Å²) in [5, 5.41) is 4.04. The van der Waals surface area contributed by atoms with Crippen molar-refractivity contribution in [2.75, 3.05) is 6.79 Å². The van der Waals surface area contributed by atoms with Crippen LogP contribution in [0.4, 0.5) is 0 Å². The Bertz CT molecular complexity index is 1210. The number of rotatable bonds is 6. The Morgan fingerprint density at radius 2 is 2.10 bits per heavy atom. The SMILES string of the molecule is CC(NC(=O)c1coc(COc2ccc3c(c2)OCO3)n1)c1ccc2[nH]ccc2c1. The second-order valence-electron chi connectivity index (χ2n) is 6.95. The van der Waals surface area contributed by atoms with Crippen molar-refractivity contribution in [1.82, 2.24) is 15.3 Å². The lowest BCUT2D eigenvalue weighted by Crippen LogP contribution is -2.27. The summed E-state index contributed by atoms with van der Waals surface area (Å²) in [5.74, 6) is 1.90. The van der Waals surface area contributed by atoms with Gasteiger partial charge in [-0.25, -0.2) is 4.98 Å². The summed E-state index contributed by atoms with van der Waals surface area (Å²) in [7, 11) is 0. The molecule has 0 saturated heterocycles. The number of carbonyl (C=O) groups is 1. The second kappa shape index (κ2) is 7.47. The highest BCUT2D eigenvalue weighted by atomic mass is 16.7. The predicted molar refractivity (Wildman–Crippen MR) is 108 cm³/mol. The fourth-order valence-electron chi connectivity index (χ4n) is 3.29. The Labute approximate surface area is 171 Å². The van der Waals surface area contributed by atoms with E-state index >= 15 is 0 Å². The fourth-order valence-corrected chi connectivity index (χ4v) is 3.29. The number of nitrogens with zero attached hydrogens (tertiary/aromatic N) is 1. The van der Waals surface area contributed by atoms with E-state index in [1.807, 2.05) is 37.4 Å². The third kappa shape index (κ3) is 3.55. The average molecular weight is 405 g/mol. The van der Waals surface area contributed by atoms with E-state index in [0.717, 1.165) is 16.5 Å². The van der Waals surface area contributed by atoms with Gasteiger partial charge in [0.15, 0.2) is 23.8 Å². The average Bonchev–Trinajstić information content (AvgIpc) is 3.51. The number of amides is 1. The number of H-pyrrole nitrogens is 1. The van der Waals surface area contributed by atoms with E-state index in [4.69, 9.17) is 18.6 Å². The highest BCUT2D eigenvalue weighted by Gasteiger charge is 2.17. The lowest BCUT2D eigenvalue weighted by molar-refractivity contribution is 0.0934. The standard InChI is InChI=1S/C22H19N3O5/c1-13(14-2-4-17-15(8-14)6-7-23-17)24-22(26)18-10-28-21(25-18)11-27-16-3-5-19-20(9-16)30-12-29-19/h2-10,13,23H,11-12H2,1H3,(H,24,26). The maximum absolute atomic E-state index is 12.5. The van der Waals surface area contributed by atoms with Gasteiger partial charge in [-0.05, 0) is 48.2 Å². The molecule has 30 heavy (non-hydrogen) atoms. The molecule has 152 valence electrons. The van der Waals surface area contributed by atoms with Gasteiger partial charge in [-0.3, -0.25) is 4.79 Å². The number of aromatic nitrogens is 2. The molecule has 1 atom stereocenters. The first-order valence-electron chi connectivity index (χ1n) is 9.50. The summed E-state index contributed by atoms with van der Waals surface area (Å²) in [4.78, 5) is 19.9. The molecule has 1 aliphatic heterocycles. The number of fused-ring (bicyclic) bond motifs is 2. The van der Waals surface area contributed by atoms with Crippen LogP contribution in [0.25, 0.3) is 10.9 Å². The molecule has 3 heterocycles. The molecular formula is C22H19N3O5. The lowest BCUT2D eigenvalue weighted by atomic mass is 10.1. The molecule has 1 aliphatic rings. The van der Waals surface area contributed by atoms with Crippen LogP contribution in [0.1, 0.15) is 34.9 Å². The molecule has 8 nitrogen and oxygen atoms in total. The van der Waals surface area contributed by atoms with Crippen LogP contribution >= 0.6 is 0 Å². The van der Waals surface area contributed by atoms with Gasteiger partial charge >= 0.3 is 0 Å².